The van der Waals surface area contributed by atoms with E-state index >= 15 is 0 Å². The lowest BCUT2D eigenvalue weighted by molar-refractivity contribution is 0.312. The van der Waals surface area contributed by atoms with Gasteiger partial charge in [-0.3, -0.25) is 9.78 Å². The second kappa shape index (κ2) is 9.04. The van der Waals surface area contributed by atoms with Crippen molar-refractivity contribution in [1.29, 1.82) is 5.26 Å². The molecule has 176 valence electrons. The Hall–Kier alpha value is -4.49. The molecule has 1 aliphatic rings. The minimum absolute atomic E-state index is 0.119. The predicted molar refractivity (Wildman–Crippen MR) is 135 cm³/mol. The Morgan fingerprint density at radius 3 is 2.57 bits per heavy atom. The average molecular weight is 469 g/mol. The van der Waals surface area contributed by atoms with Gasteiger partial charge in [0.25, 0.3) is 5.56 Å². The molecular formula is C25H24N8O2. The zero-order chi connectivity index (χ0) is 24.5. The van der Waals surface area contributed by atoms with Crippen molar-refractivity contribution >= 4 is 28.4 Å². The number of nitrogens with zero attached hydrogens (tertiary/aromatic N) is 6. The Bertz CT molecular complexity index is 1580. The molecule has 4 aromatic rings. The zero-order valence-corrected chi connectivity index (χ0v) is 19.4. The minimum atomic E-state index is -0.678. The van der Waals surface area contributed by atoms with E-state index in [-0.39, 0.29) is 28.2 Å². The van der Waals surface area contributed by atoms with Crippen molar-refractivity contribution in [3.8, 4) is 11.8 Å². The molecular weight excluding hydrogens is 444 g/mol. The van der Waals surface area contributed by atoms with E-state index in [0.717, 1.165) is 42.0 Å². The minimum Gasteiger partial charge on any atom is -0.369 e. The van der Waals surface area contributed by atoms with Gasteiger partial charge in [0.15, 0.2) is 5.65 Å². The number of para-hydroxylation sites is 1. The van der Waals surface area contributed by atoms with Crippen molar-refractivity contribution in [2.45, 2.75) is 6.92 Å². The van der Waals surface area contributed by atoms with Gasteiger partial charge >= 0.3 is 5.69 Å². The van der Waals surface area contributed by atoms with Gasteiger partial charge < -0.3 is 15.1 Å². The van der Waals surface area contributed by atoms with Gasteiger partial charge in [-0.15, -0.1) is 0 Å². The molecule has 2 aromatic heterocycles. The molecule has 0 atom stereocenters. The van der Waals surface area contributed by atoms with Crippen LogP contribution in [0.2, 0.25) is 0 Å². The highest BCUT2D eigenvalue weighted by molar-refractivity contribution is 5.75. The molecule has 5 rings (SSSR count). The monoisotopic (exact) mass is 468 g/mol. The summed E-state index contributed by atoms with van der Waals surface area (Å²) in [7, 11) is 2.13. The molecule has 0 amide bonds. The largest absolute Gasteiger partial charge is 0.369 e. The van der Waals surface area contributed by atoms with Crippen LogP contribution in [0.5, 0.6) is 0 Å². The molecule has 0 radical (unpaired) electrons. The Kier molecular flexibility index (Phi) is 5.76. The summed E-state index contributed by atoms with van der Waals surface area (Å²) in [5, 5.41) is 12.7. The van der Waals surface area contributed by atoms with Crippen LogP contribution in [0.4, 0.5) is 17.3 Å². The number of H-pyrrole nitrogens is 1. The lowest BCUT2D eigenvalue weighted by Crippen LogP contribution is -2.44. The van der Waals surface area contributed by atoms with Gasteiger partial charge in [-0.2, -0.15) is 10.2 Å². The molecule has 0 unspecified atom stereocenters. The van der Waals surface area contributed by atoms with Crippen LogP contribution >= 0.6 is 0 Å². The number of rotatable bonds is 4. The van der Waals surface area contributed by atoms with Crippen molar-refractivity contribution in [1.82, 2.24) is 24.4 Å². The summed E-state index contributed by atoms with van der Waals surface area (Å²) in [6, 6.07) is 14.5. The number of piperazine rings is 1. The molecule has 10 nitrogen and oxygen atoms in total. The van der Waals surface area contributed by atoms with Crippen LogP contribution in [-0.4, -0.2) is 57.6 Å². The lowest BCUT2D eigenvalue weighted by atomic mass is 10.1. The molecule has 35 heavy (non-hydrogen) atoms. The maximum absolute atomic E-state index is 13.1. The molecule has 0 saturated carbocycles. The van der Waals surface area contributed by atoms with Crippen LogP contribution in [0.1, 0.15) is 11.1 Å². The first kappa shape index (κ1) is 22.3. The van der Waals surface area contributed by atoms with E-state index in [0.29, 0.717) is 0 Å². The number of aromatic nitrogens is 4. The average Bonchev–Trinajstić information content (AvgIpc) is 2.85. The number of hydrogen-bond donors (Lipinski definition) is 2. The van der Waals surface area contributed by atoms with Gasteiger partial charge in [0.05, 0.1) is 11.3 Å². The van der Waals surface area contributed by atoms with Crippen LogP contribution in [0.25, 0.3) is 16.7 Å². The molecule has 1 aliphatic heterocycles. The zero-order valence-electron chi connectivity index (χ0n) is 19.4. The summed E-state index contributed by atoms with van der Waals surface area (Å²) in [4.78, 5) is 41.8. The van der Waals surface area contributed by atoms with Crippen molar-refractivity contribution in [3.05, 3.63) is 80.6 Å². The van der Waals surface area contributed by atoms with Crippen molar-refractivity contribution in [2.24, 2.45) is 0 Å². The maximum atomic E-state index is 13.1. The summed E-state index contributed by atoms with van der Waals surface area (Å²) in [6.07, 6.45) is 1.37. The molecule has 0 spiro atoms. The standard InChI is InChI=1S/C25H24N8O2/c1-16-13-18(7-8-20(16)32-11-9-31(2)10-12-32)28-24-27-15-19-22(29-24)30-25(35)33(23(19)34)21-6-4-3-5-17(21)14-26/h3-8,13,15H,9-12H2,1-2H3,(H2,27,28,29,30,35). The van der Waals surface area contributed by atoms with E-state index in [1.54, 1.807) is 24.3 Å². The smallest absolute Gasteiger partial charge is 0.334 e. The van der Waals surface area contributed by atoms with Gasteiger partial charge in [0, 0.05) is 43.8 Å². The van der Waals surface area contributed by atoms with Gasteiger partial charge in [0.1, 0.15) is 11.5 Å². The Balaban J connectivity index is 1.45. The molecule has 0 bridgehead atoms. The Labute approximate surface area is 201 Å². The van der Waals surface area contributed by atoms with Gasteiger partial charge in [-0.25, -0.2) is 14.3 Å². The first-order valence-electron chi connectivity index (χ1n) is 11.3. The van der Waals surface area contributed by atoms with Gasteiger partial charge in [0.2, 0.25) is 5.95 Å². The highest BCUT2D eigenvalue weighted by Crippen LogP contribution is 2.26. The summed E-state index contributed by atoms with van der Waals surface area (Å²) in [5.41, 5.74) is 2.41. The van der Waals surface area contributed by atoms with E-state index in [2.05, 4.69) is 50.1 Å². The molecule has 1 saturated heterocycles. The van der Waals surface area contributed by atoms with Crippen molar-refractivity contribution in [2.75, 3.05) is 43.4 Å². The highest BCUT2D eigenvalue weighted by atomic mass is 16.2. The summed E-state index contributed by atoms with van der Waals surface area (Å²) in [5.74, 6) is 0.259. The van der Waals surface area contributed by atoms with E-state index in [1.165, 1.54) is 11.9 Å². The quantitative estimate of drug-likeness (QED) is 0.467. The Morgan fingerprint density at radius 1 is 1.06 bits per heavy atom. The van der Waals surface area contributed by atoms with Gasteiger partial charge in [-0.1, -0.05) is 12.1 Å². The molecule has 2 aromatic carbocycles. The van der Waals surface area contributed by atoms with Crippen LogP contribution in [-0.2, 0) is 0 Å². The fourth-order valence-electron chi connectivity index (χ4n) is 4.31. The molecule has 0 aliphatic carbocycles. The highest BCUT2D eigenvalue weighted by Gasteiger charge is 2.17. The fourth-order valence-corrected chi connectivity index (χ4v) is 4.31. The number of aromatic amines is 1. The second-order valence-corrected chi connectivity index (χ2v) is 8.57. The van der Waals surface area contributed by atoms with Crippen LogP contribution < -0.4 is 21.5 Å². The van der Waals surface area contributed by atoms with E-state index in [4.69, 9.17) is 0 Å². The number of fused-ring (bicyclic) bond motifs is 1. The number of nitrogens with one attached hydrogen (secondary N) is 2. The summed E-state index contributed by atoms with van der Waals surface area (Å²) in [6.45, 7) is 6.11. The van der Waals surface area contributed by atoms with Gasteiger partial charge in [-0.05, 0) is 49.9 Å². The van der Waals surface area contributed by atoms with Crippen LogP contribution in [0.15, 0.2) is 58.3 Å². The molecule has 1 fully saturated rings. The summed E-state index contributed by atoms with van der Waals surface area (Å²) < 4.78 is 0.928. The van der Waals surface area contributed by atoms with E-state index in [1.807, 2.05) is 18.2 Å². The maximum Gasteiger partial charge on any atom is 0.334 e. The third-order valence-electron chi connectivity index (χ3n) is 6.21. The van der Waals surface area contributed by atoms with E-state index < -0.39 is 11.2 Å². The SMILES string of the molecule is Cc1cc(Nc2ncc3c(=O)n(-c4ccccc4C#N)c(=O)[nH]c3n2)ccc1N1CCN(C)CC1. The second-order valence-electron chi connectivity index (χ2n) is 8.57. The third-order valence-corrected chi connectivity index (χ3v) is 6.21. The van der Waals surface area contributed by atoms with Crippen LogP contribution in [0, 0.1) is 18.3 Å². The van der Waals surface area contributed by atoms with Crippen molar-refractivity contribution in [3.63, 3.8) is 0 Å². The van der Waals surface area contributed by atoms with Crippen LogP contribution in [0.3, 0.4) is 0 Å². The first-order valence-corrected chi connectivity index (χ1v) is 11.3. The molecule has 2 N–H and O–H groups in total. The molecule has 3 heterocycles. The lowest BCUT2D eigenvalue weighted by Gasteiger charge is -2.35. The van der Waals surface area contributed by atoms with Crippen molar-refractivity contribution < 1.29 is 0 Å². The summed E-state index contributed by atoms with van der Waals surface area (Å²) >= 11 is 0. The fraction of sp³-hybridized carbons (Fsp3) is 0.240. The third kappa shape index (κ3) is 4.25. The molecule has 10 heteroatoms. The number of nitriles is 1. The Morgan fingerprint density at radius 2 is 1.83 bits per heavy atom. The number of hydrogen-bond acceptors (Lipinski definition) is 8. The number of likely N-dealkylation sites (N-methyl/N-ethyl adjacent to an activating group) is 1. The number of aryl methyl sites for hydroxylation is 1. The first-order chi connectivity index (χ1) is 16.9. The predicted octanol–water partition coefficient (Wildman–Crippen LogP) is 2.14. The normalized spacial score (nSPS) is 14.1. The number of anilines is 3. The van der Waals surface area contributed by atoms with E-state index in [9.17, 15) is 14.9 Å². The topological polar surface area (TPSA) is 123 Å². The number of benzene rings is 2.